The molecule has 0 radical (unpaired) electrons. The number of hydrogen-bond donors (Lipinski definition) is 2. The van der Waals surface area contributed by atoms with E-state index in [2.05, 4.69) is 51.7 Å². The van der Waals surface area contributed by atoms with E-state index in [1.807, 2.05) is 7.05 Å². The molecule has 0 amide bonds. The summed E-state index contributed by atoms with van der Waals surface area (Å²) in [6.45, 7) is 6.93. The first-order valence-electron chi connectivity index (χ1n) is 11.2. The Morgan fingerprint density at radius 2 is 2.07 bits per heavy atom. The summed E-state index contributed by atoms with van der Waals surface area (Å²) in [5.41, 5.74) is 1.27. The quantitative estimate of drug-likeness (QED) is 0.350. The maximum atomic E-state index is 6.50. The number of nitrogens with zero attached hydrogens (tertiary/aromatic N) is 2. The molecule has 2 fully saturated rings. The Morgan fingerprint density at radius 3 is 2.83 bits per heavy atom. The summed E-state index contributed by atoms with van der Waals surface area (Å²) in [7, 11) is 1.88. The molecule has 6 heteroatoms. The predicted octanol–water partition coefficient (Wildman–Crippen LogP) is 4.34. The number of ether oxygens (including phenoxy) is 1. The highest BCUT2D eigenvalue weighted by atomic mass is 127. The highest BCUT2D eigenvalue weighted by molar-refractivity contribution is 14.0. The molecule has 5 nitrogen and oxygen atoms in total. The van der Waals surface area contributed by atoms with Crippen LogP contribution in [0, 0.1) is 5.92 Å². The summed E-state index contributed by atoms with van der Waals surface area (Å²) < 4.78 is 6.50. The van der Waals surface area contributed by atoms with Crippen molar-refractivity contribution in [3.8, 4) is 5.75 Å². The third kappa shape index (κ3) is 5.37. The minimum atomic E-state index is 0. The van der Waals surface area contributed by atoms with Crippen molar-refractivity contribution in [2.75, 3.05) is 33.2 Å². The Bertz CT molecular complexity index is 689. The van der Waals surface area contributed by atoms with E-state index in [-0.39, 0.29) is 35.6 Å². The number of rotatable bonds is 5. The molecule has 0 aromatic heterocycles. The van der Waals surface area contributed by atoms with Crippen molar-refractivity contribution in [3.05, 3.63) is 29.8 Å². The van der Waals surface area contributed by atoms with Gasteiger partial charge in [0.25, 0.3) is 0 Å². The molecule has 1 saturated heterocycles. The SMILES string of the molecule is CCCN1CCC(CNC(=NC)NC2CC3(CCCC3)Oc3ccccc32)C1.I. The zero-order valence-corrected chi connectivity index (χ0v) is 20.3. The number of aliphatic imine (C=N–C) groups is 1. The van der Waals surface area contributed by atoms with Crippen molar-refractivity contribution >= 4 is 29.9 Å². The number of likely N-dealkylation sites (tertiary alicyclic amines) is 1. The minimum absolute atomic E-state index is 0. The Balaban J connectivity index is 0.00000240. The Hall–Kier alpha value is -1.02. The van der Waals surface area contributed by atoms with Crippen LogP contribution in [0.25, 0.3) is 0 Å². The summed E-state index contributed by atoms with van der Waals surface area (Å²) in [4.78, 5) is 7.11. The molecule has 1 aromatic rings. The van der Waals surface area contributed by atoms with Gasteiger partial charge >= 0.3 is 0 Å². The molecule has 0 bridgehead atoms. The highest BCUT2D eigenvalue weighted by Gasteiger charge is 2.43. The van der Waals surface area contributed by atoms with Crippen molar-refractivity contribution in [2.24, 2.45) is 10.9 Å². The molecule has 3 aliphatic rings. The number of fused-ring (bicyclic) bond motifs is 1. The molecule has 1 saturated carbocycles. The average molecular weight is 512 g/mol. The van der Waals surface area contributed by atoms with E-state index in [9.17, 15) is 0 Å². The summed E-state index contributed by atoms with van der Waals surface area (Å²) in [5, 5.41) is 7.32. The van der Waals surface area contributed by atoms with Crippen molar-refractivity contribution in [1.29, 1.82) is 0 Å². The number of halogens is 1. The lowest BCUT2D eigenvalue weighted by Crippen LogP contribution is -2.47. The molecule has 162 valence electrons. The third-order valence-electron chi connectivity index (χ3n) is 6.71. The van der Waals surface area contributed by atoms with Gasteiger partial charge in [0.15, 0.2) is 5.96 Å². The molecule has 2 N–H and O–H groups in total. The number of hydrogen-bond acceptors (Lipinski definition) is 3. The van der Waals surface area contributed by atoms with Gasteiger partial charge in [-0.2, -0.15) is 0 Å². The first-order chi connectivity index (χ1) is 13.7. The first kappa shape index (κ1) is 22.7. The van der Waals surface area contributed by atoms with Crippen molar-refractivity contribution in [1.82, 2.24) is 15.5 Å². The monoisotopic (exact) mass is 512 g/mol. The fourth-order valence-electron chi connectivity index (χ4n) is 5.27. The summed E-state index contributed by atoms with van der Waals surface area (Å²) in [5.74, 6) is 2.69. The van der Waals surface area contributed by atoms with E-state index in [0.29, 0.717) is 5.92 Å². The molecular weight excluding hydrogens is 475 g/mol. The van der Waals surface area contributed by atoms with Gasteiger partial charge in [-0.25, -0.2) is 0 Å². The predicted molar refractivity (Wildman–Crippen MR) is 130 cm³/mol. The van der Waals surface area contributed by atoms with E-state index in [4.69, 9.17) is 4.74 Å². The number of guanidine groups is 1. The largest absolute Gasteiger partial charge is 0.487 e. The van der Waals surface area contributed by atoms with Crippen molar-refractivity contribution in [3.63, 3.8) is 0 Å². The van der Waals surface area contributed by atoms with E-state index >= 15 is 0 Å². The summed E-state index contributed by atoms with van der Waals surface area (Å²) in [6.07, 6.45) is 8.44. The molecule has 2 heterocycles. The Labute approximate surface area is 193 Å². The van der Waals surface area contributed by atoms with Gasteiger partial charge in [-0.3, -0.25) is 4.99 Å². The Morgan fingerprint density at radius 1 is 1.28 bits per heavy atom. The van der Waals surface area contributed by atoms with Gasteiger partial charge in [0.05, 0.1) is 6.04 Å². The van der Waals surface area contributed by atoms with Gasteiger partial charge in [0.1, 0.15) is 11.4 Å². The zero-order chi connectivity index (χ0) is 19.4. The van der Waals surface area contributed by atoms with Crippen LogP contribution in [-0.4, -0.2) is 49.7 Å². The standard InChI is InChI=1S/C23H36N4O.HI/c1-3-13-27-14-10-18(17-27)16-25-22(24-2)26-20-15-23(11-6-7-12-23)28-21-9-5-4-8-19(20)21;/h4-5,8-9,18,20H,3,6-7,10-17H2,1-2H3,(H2,24,25,26);1H. The van der Waals surface area contributed by atoms with Crippen LogP contribution < -0.4 is 15.4 Å². The van der Waals surface area contributed by atoms with Gasteiger partial charge in [0, 0.05) is 32.1 Å². The molecule has 29 heavy (non-hydrogen) atoms. The minimum Gasteiger partial charge on any atom is -0.487 e. The van der Waals surface area contributed by atoms with Gasteiger partial charge in [-0.15, -0.1) is 24.0 Å². The van der Waals surface area contributed by atoms with Crippen LogP contribution in [0.3, 0.4) is 0 Å². The molecule has 2 unspecified atom stereocenters. The maximum absolute atomic E-state index is 6.50. The van der Waals surface area contributed by atoms with Gasteiger partial charge in [-0.1, -0.05) is 25.1 Å². The second-order valence-electron chi connectivity index (χ2n) is 8.84. The maximum Gasteiger partial charge on any atom is 0.191 e. The topological polar surface area (TPSA) is 48.9 Å². The number of benzene rings is 1. The molecular formula is C23H37IN4O. The van der Waals surface area contributed by atoms with Crippen LogP contribution in [0.5, 0.6) is 5.75 Å². The second kappa shape index (κ2) is 10.3. The van der Waals surface area contributed by atoms with Crippen molar-refractivity contribution < 1.29 is 4.74 Å². The van der Waals surface area contributed by atoms with Crippen LogP contribution in [0.15, 0.2) is 29.3 Å². The van der Waals surface area contributed by atoms with E-state index in [1.54, 1.807) is 0 Å². The van der Waals surface area contributed by atoms with Crippen LogP contribution in [0.4, 0.5) is 0 Å². The fourth-order valence-corrected chi connectivity index (χ4v) is 5.27. The number of nitrogens with one attached hydrogen (secondary N) is 2. The number of para-hydroxylation sites is 1. The molecule has 2 atom stereocenters. The molecule has 1 aromatic carbocycles. The molecule has 2 aliphatic heterocycles. The lowest BCUT2D eigenvalue weighted by atomic mass is 9.86. The van der Waals surface area contributed by atoms with Crippen molar-refractivity contribution in [2.45, 2.75) is 63.5 Å². The highest BCUT2D eigenvalue weighted by Crippen LogP contribution is 2.46. The van der Waals surface area contributed by atoms with E-state index in [0.717, 1.165) is 24.7 Å². The average Bonchev–Trinajstić information content (AvgIpc) is 3.35. The van der Waals surface area contributed by atoms with Crippen LogP contribution in [0.2, 0.25) is 0 Å². The summed E-state index contributed by atoms with van der Waals surface area (Å²) in [6, 6.07) is 8.77. The normalized spacial score (nSPS) is 25.9. The van der Waals surface area contributed by atoms with Crippen LogP contribution in [-0.2, 0) is 0 Å². The second-order valence-corrected chi connectivity index (χ2v) is 8.84. The van der Waals surface area contributed by atoms with Gasteiger partial charge < -0.3 is 20.3 Å². The van der Waals surface area contributed by atoms with Crippen LogP contribution >= 0.6 is 24.0 Å². The third-order valence-corrected chi connectivity index (χ3v) is 6.71. The van der Waals surface area contributed by atoms with Gasteiger partial charge in [0.2, 0.25) is 0 Å². The molecule has 1 aliphatic carbocycles. The lowest BCUT2D eigenvalue weighted by Gasteiger charge is -2.40. The lowest BCUT2D eigenvalue weighted by molar-refractivity contribution is 0.0396. The first-order valence-corrected chi connectivity index (χ1v) is 11.2. The Kier molecular flexibility index (Phi) is 8.07. The fraction of sp³-hybridized carbons (Fsp3) is 0.696. The van der Waals surface area contributed by atoms with Crippen LogP contribution in [0.1, 0.15) is 63.5 Å². The van der Waals surface area contributed by atoms with E-state index < -0.39 is 0 Å². The molecule has 4 rings (SSSR count). The zero-order valence-electron chi connectivity index (χ0n) is 18.0. The molecule has 1 spiro atoms. The summed E-state index contributed by atoms with van der Waals surface area (Å²) >= 11 is 0. The van der Waals surface area contributed by atoms with E-state index in [1.165, 1.54) is 63.7 Å². The van der Waals surface area contributed by atoms with Gasteiger partial charge in [-0.05, 0) is 63.6 Å². The smallest absolute Gasteiger partial charge is 0.191 e.